The molecule has 0 bridgehead atoms. The summed E-state index contributed by atoms with van der Waals surface area (Å²) >= 11 is 0. The van der Waals surface area contributed by atoms with Crippen molar-refractivity contribution >= 4 is 12.1 Å². The van der Waals surface area contributed by atoms with Gasteiger partial charge in [-0.2, -0.15) is 0 Å². The molecule has 0 N–H and O–H groups in total. The van der Waals surface area contributed by atoms with Gasteiger partial charge in [0.15, 0.2) is 0 Å². The van der Waals surface area contributed by atoms with E-state index >= 15 is 0 Å². The maximum Gasteiger partial charge on any atom is 0.213 e. The first kappa shape index (κ1) is 11.4. The molecule has 1 rings (SSSR count). The van der Waals surface area contributed by atoms with E-state index in [1.54, 1.807) is 6.21 Å². The Labute approximate surface area is 90.6 Å². The van der Waals surface area contributed by atoms with Crippen LogP contribution in [0, 0.1) is 0 Å². The highest BCUT2D eigenvalue weighted by Crippen LogP contribution is 2.06. The lowest BCUT2D eigenvalue weighted by Gasteiger charge is -2.07. The summed E-state index contributed by atoms with van der Waals surface area (Å²) in [5.74, 6) is 0.645. The smallest absolute Gasteiger partial charge is 0.213 e. The fraction of sp³-hybridized carbons (Fsp3) is 0.333. The molecule has 0 aliphatic carbocycles. The maximum absolute atomic E-state index is 5.42. The van der Waals surface area contributed by atoms with Gasteiger partial charge in [-0.25, -0.2) is 4.99 Å². The van der Waals surface area contributed by atoms with Crippen molar-refractivity contribution in [3.05, 3.63) is 36.0 Å². The van der Waals surface area contributed by atoms with Crippen molar-refractivity contribution in [3.63, 3.8) is 0 Å². The van der Waals surface area contributed by atoms with Gasteiger partial charge in [-0.05, 0) is 31.6 Å². The standard InChI is InChI=1S/C12H16N2O/c1-4-15-12-11(3)8-10(2)6-5-7-13-9-14-12/h5-8H,2,4,9H2,1,3H3/b6-5-,11-8?,13-7?,14-12?. The SMILES string of the molecule is C=C1C=C(C)C(OCC)=NCN=C/C=C\1. The molecule has 0 saturated carbocycles. The van der Waals surface area contributed by atoms with E-state index in [4.69, 9.17) is 4.74 Å². The molecule has 0 fully saturated rings. The molecule has 0 radical (unpaired) electrons. The molecule has 1 aliphatic heterocycles. The monoisotopic (exact) mass is 204 g/mol. The van der Waals surface area contributed by atoms with Gasteiger partial charge in [0, 0.05) is 11.8 Å². The second-order valence-electron chi connectivity index (χ2n) is 3.13. The van der Waals surface area contributed by atoms with E-state index in [0.717, 1.165) is 11.1 Å². The van der Waals surface area contributed by atoms with Gasteiger partial charge in [0.1, 0.15) is 6.67 Å². The van der Waals surface area contributed by atoms with Crippen LogP contribution in [0.5, 0.6) is 0 Å². The zero-order valence-corrected chi connectivity index (χ0v) is 9.23. The molecule has 3 nitrogen and oxygen atoms in total. The Bertz CT molecular complexity index is 349. The lowest BCUT2D eigenvalue weighted by Crippen LogP contribution is -2.07. The summed E-state index contributed by atoms with van der Waals surface area (Å²) in [6.07, 6.45) is 7.42. The van der Waals surface area contributed by atoms with Gasteiger partial charge >= 0.3 is 0 Å². The predicted molar refractivity (Wildman–Crippen MR) is 64.5 cm³/mol. The van der Waals surface area contributed by atoms with Crippen LogP contribution in [0.1, 0.15) is 13.8 Å². The second kappa shape index (κ2) is 5.96. The average molecular weight is 204 g/mol. The van der Waals surface area contributed by atoms with Crippen molar-refractivity contribution in [2.24, 2.45) is 9.98 Å². The molecule has 1 aliphatic rings. The van der Waals surface area contributed by atoms with Crippen LogP contribution in [-0.2, 0) is 4.74 Å². The Morgan fingerprint density at radius 2 is 2.33 bits per heavy atom. The number of rotatable bonds is 1. The normalized spacial score (nSPS) is 19.2. The highest BCUT2D eigenvalue weighted by atomic mass is 16.5. The maximum atomic E-state index is 5.42. The van der Waals surface area contributed by atoms with Crippen molar-refractivity contribution in [3.8, 4) is 0 Å². The largest absolute Gasteiger partial charge is 0.478 e. The van der Waals surface area contributed by atoms with Crippen molar-refractivity contribution in [1.82, 2.24) is 0 Å². The van der Waals surface area contributed by atoms with E-state index in [9.17, 15) is 0 Å². The molecule has 0 aromatic rings. The van der Waals surface area contributed by atoms with Gasteiger partial charge in [-0.3, -0.25) is 4.99 Å². The molecule has 0 saturated heterocycles. The summed E-state index contributed by atoms with van der Waals surface area (Å²) in [5.41, 5.74) is 1.89. The van der Waals surface area contributed by atoms with Crippen LogP contribution in [-0.4, -0.2) is 25.4 Å². The van der Waals surface area contributed by atoms with Crippen molar-refractivity contribution in [2.45, 2.75) is 13.8 Å². The third-order valence-corrected chi connectivity index (χ3v) is 1.82. The van der Waals surface area contributed by atoms with Gasteiger partial charge in [0.2, 0.25) is 5.90 Å². The Morgan fingerprint density at radius 3 is 3.07 bits per heavy atom. The molecular weight excluding hydrogens is 188 g/mol. The topological polar surface area (TPSA) is 34.0 Å². The number of hydrogen-bond donors (Lipinski definition) is 0. The minimum atomic E-state index is 0.400. The summed E-state index contributed by atoms with van der Waals surface area (Å²) in [4.78, 5) is 8.33. The van der Waals surface area contributed by atoms with E-state index in [1.165, 1.54) is 0 Å². The molecule has 3 heteroatoms. The summed E-state index contributed by atoms with van der Waals surface area (Å²) in [7, 11) is 0. The minimum absolute atomic E-state index is 0.400. The van der Waals surface area contributed by atoms with Crippen LogP contribution in [0.15, 0.2) is 45.9 Å². The summed E-state index contributed by atoms with van der Waals surface area (Å²) < 4.78 is 5.42. The molecule has 0 amide bonds. The molecule has 0 atom stereocenters. The molecule has 0 spiro atoms. The van der Waals surface area contributed by atoms with E-state index in [1.807, 2.05) is 32.1 Å². The zero-order valence-electron chi connectivity index (χ0n) is 9.23. The fourth-order valence-corrected chi connectivity index (χ4v) is 1.19. The first-order valence-corrected chi connectivity index (χ1v) is 4.95. The average Bonchev–Trinajstić information content (AvgIpc) is 2.20. The molecular formula is C12H16N2O. The highest BCUT2D eigenvalue weighted by molar-refractivity contribution is 5.93. The lowest BCUT2D eigenvalue weighted by atomic mass is 10.2. The molecule has 0 unspecified atom stereocenters. The van der Waals surface area contributed by atoms with Crippen molar-refractivity contribution in [2.75, 3.05) is 13.3 Å². The minimum Gasteiger partial charge on any atom is -0.478 e. The first-order chi connectivity index (χ1) is 7.24. The summed E-state index contributed by atoms with van der Waals surface area (Å²) in [6.45, 7) is 8.80. The first-order valence-electron chi connectivity index (χ1n) is 4.95. The second-order valence-corrected chi connectivity index (χ2v) is 3.13. The van der Waals surface area contributed by atoms with Gasteiger partial charge in [-0.15, -0.1) is 0 Å². The summed E-state index contributed by atoms with van der Waals surface area (Å²) in [5, 5.41) is 0. The van der Waals surface area contributed by atoms with Gasteiger partial charge < -0.3 is 4.74 Å². The van der Waals surface area contributed by atoms with Crippen LogP contribution in [0.3, 0.4) is 0 Å². The number of hydrogen-bond acceptors (Lipinski definition) is 3. The van der Waals surface area contributed by atoms with E-state index < -0.39 is 0 Å². The van der Waals surface area contributed by atoms with Gasteiger partial charge in [-0.1, -0.05) is 12.7 Å². The van der Waals surface area contributed by atoms with Crippen LogP contribution in [0.25, 0.3) is 0 Å². The Hall–Kier alpha value is -1.64. The molecule has 1 heterocycles. The number of aliphatic imine (C=N–C) groups is 2. The Kier molecular flexibility index (Phi) is 4.54. The molecule has 0 aromatic carbocycles. The third-order valence-electron chi connectivity index (χ3n) is 1.82. The predicted octanol–water partition coefficient (Wildman–Crippen LogP) is 2.52. The quantitative estimate of drug-likeness (QED) is 0.646. The number of allylic oxidation sites excluding steroid dienone is 4. The van der Waals surface area contributed by atoms with Crippen molar-refractivity contribution in [1.29, 1.82) is 0 Å². The van der Waals surface area contributed by atoms with E-state index in [0.29, 0.717) is 19.2 Å². The fourth-order valence-electron chi connectivity index (χ4n) is 1.19. The Balaban J connectivity index is 2.93. The van der Waals surface area contributed by atoms with Gasteiger partial charge in [0.05, 0.1) is 6.61 Å². The Morgan fingerprint density at radius 1 is 1.53 bits per heavy atom. The number of ether oxygens (including phenoxy) is 1. The zero-order chi connectivity index (χ0) is 11.1. The summed E-state index contributed by atoms with van der Waals surface area (Å²) in [6, 6.07) is 0. The lowest BCUT2D eigenvalue weighted by molar-refractivity contribution is 0.326. The third kappa shape index (κ3) is 3.94. The molecule has 15 heavy (non-hydrogen) atoms. The van der Waals surface area contributed by atoms with Crippen LogP contribution >= 0.6 is 0 Å². The van der Waals surface area contributed by atoms with Crippen molar-refractivity contribution < 1.29 is 4.74 Å². The number of nitrogens with zero attached hydrogens (tertiary/aromatic N) is 2. The van der Waals surface area contributed by atoms with Crippen LogP contribution in [0.2, 0.25) is 0 Å². The highest BCUT2D eigenvalue weighted by Gasteiger charge is 2.02. The van der Waals surface area contributed by atoms with Crippen LogP contribution in [0.4, 0.5) is 0 Å². The van der Waals surface area contributed by atoms with Gasteiger partial charge in [0.25, 0.3) is 0 Å². The molecule has 0 aromatic heterocycles. The van der Waals surface area contributed by atoms with E-state index in [-0.39, 0.29) is 0 Å². The van der Waals surface area contributed by atoms with E-state index in [2.05, 4.69) is 16.6 Å². The molecule has 80 valence electrons. The van der Waals surface area contributed by atoms with Crippen LogP contribution < -0.4 is 0 Å².